The van der Waals surface area contributed by atoms with Crippen molar-refractivity contribution in [2.45, 2.75) is 19.4 Å². The van der Waals surface area contributed by atoms with Gasteiger partial charge in [-0.3, -0.25) is 9.69 Å². The first kappa shape index (κ1) is 11.4. The van der Waals surface area contributed by atoms with Crippen LogP contribution < -0.4 is 0 Å². The molecule has 1 rings (SSSR count). The van der Waals surface area contributed by atoms with Gasteiger partial charge in [0, 0.05) is 6.54 Å². The van der Waals surface area contributed by atoms with Crippen LogP contribution in [-0.4, -0.2) is 55.4 Å². The van der Waals surface area contributed by atoms with Gasteiger partial charge >= 0.3 is 0 Å². The summed E-state index contributed by atoms with van der Waals surface area (Å²) in [6.45, 7) is 8.41. The fourth-order valence-electron chi connectivity index (χ4n) is 1.84. The van der Waals surface area contributed by atoms with E-state index in [1.54, 1.807) is 6.92 Å². The Hall–Kier alpha value is -0.670. The standard InChI is InChI=1S/C11H20N2O/c1-9(2)11(14)10-8-12(3)6-5-7-13(10)4/h10H,1,5-8H2,2-4H3. The van der Waals surface area contributed by atoms with Crippen LogP contribution >= 0.6 is 0 Å². The quantitative estimate of drug-likeness (QED) is 0.609. The predicted octanol–water partition coefficient (Wildman–Crippen LogP) is 0.768. The van der Waals surface area contributed by atoms with Crippen LogP contribution in [0.25, 0.3) is 0 Å². The highest BCUT2D eigenvalue weighted by molar-refractivity contribution is 5.98. The molecule has 1 heterocycles. The predicted molar refractivity (Wildman–Crippen MR) is 58.4 cm³/mol. The van der Waals surface area contributed by atoms with Gasteiger partial charge in [0.15, 0.2) is 5.78 Å². The largest absolute Gasteiger partial charge is 0.304 e. The highest BCUT2D eigenvalue weighted by Crippen LogP contribution is 2.10. The van der Waals surface area contributed by atoms with Crippen molar-refractivity contribution in [3.63, 3.8) is 0 Å². The zero-order valence-electron chi connectivity index (χ0n) is 9.42. The van der Waals surface area contributed by atoms with Gasteiger partial charge in [-0.15, -0.1) is 0 Å². The van der Waals surface area contributed by atoms with Crippen LogP contribution in [-0.2, 0) is 4.79 Å². The van der Waals surface area contributed by atoms with E-state index in [1.165, 1.54) is 0 Å². The van der Waals surface area contributed by atoms with E-state index >= 15 is 0 Å². The summed E-state index contributed by atoms with van der Waals surface area (Å²) in [6, 6.07) is -0.000000000000000888. The third-order valence-electron chi connectivity index (χ3n) is 2.79. The van der Waals surface area contributed by atoms with Gasteiger partial charge in [-0.1, -0.05) is 6.58 Å². The second-order valence-corrected chi connectivity index (χ2v) is 4.26. The molecule has 0 bridgehead atoms. The van der Waals surface area contributed by atoms with E-state index < -0.39 is 0 Å². The molecular weight excluding hydrogens is 176 g/mol. The number of Topliss-reactive ketones (excluding diaryl/α,β-unsaturated/α-hetero) is 1. The number of hydrogen-bond acceptors (Lipinski definition) is 3. The van der Waals surface area contributed by atoms with Crippen LogP contribution in [0, 0.1) is 0 Å². The number of likely N-dealkylation sites (N-methyl/N-ethyl adjacent to an activating group) is 2. The normalized spacial score (nSPS) is 25.8. The second kappa shape index (κ2) is 4.71. The zero-order chi connectivity index (χ0) is 10.7. The van der Waals surface area contributed by atoms with E-state index in [9.17, 15) is 4.79 Å². The van der Waals surface area contributed by atoms with Gasteiger partial charge in [0.2, 0.25) is 0 Å². The minimum absolute atomic E-state index is 0.000000000000000888. The summed E-state index contributed by atoms with van der Waals surface area (Å²) in [7, 11) is 4.09. The fourth-order valence-corrected chi connectivity index (χ4v) is 1.84. The van der Waals surface area contributed by atoms with E-state index in [0.717, 1.165) is 26.1 Å². The molecular formula is C11H20N2O. The van der Waals surface area contributed by atoms with Gasteiger partial charge in [-0.2, -0.15) is 0 Å². The van der Waals surface area contributed by atoms with Crippen molar-refractivity contribution in [3.8, 4) is 0 Å². The Labute approximate surface area is 86.4 Å². The van der Waals surface area contributed by atoms with Crippen molar-refractivity contribution in [2.75, 3.05) is 33.7 Å². The van der Waals surface area contributed by atoms with Crippen molar-refractivity contribution in [2.24, 2.45) is 0 Å². The third kappa shape index (κ3) is 2.66. The first-order chi connectivity index (χ1) is 6.52. The Kier molecular flexibility index (Phi) is 3.84. The SMILES string of the molecule is C=C(C)C(=O)C1CN(C)CCCN1C. The van der Waals surface area contributed by atoms with Crippen molar-refractivity contribution in [3.05, 3.63) is 12.2 Å². The van der Waals surface area contributed by atoms with E-state index in [-0.39, 0.29) is 11.8 Å². The molecule has 0 aromatic heterocycles. The van der Waals surface area contributed by atoms with E-state index in [0.29, 0.717) is 5.57 Å². The van der Waals surface area contributed by atoms with Crippen molar-refractivity contribution >= 4 is 5.78 Å². The topological polar surface area (TPSA) is 23.6 Å². The summed E-state index contributed by atoms with van der Waals surface area (Å²) in [5.41, 5.74) is 0.664. The summed E-state index contributed by atoms with van der Waals surface area (Å²) in [6.07, 6.45) is 1.13. The van der Waals surface area contributed by atoms with Crippen LogP contribution in [0.15, 0.2) is 12.2 Å². The minimum Gasteiger partial charge on any atom is -0.304 e. The number of carbonyl (C=O) groups is 1. The molecule has 0 aromatic carbocycles. The Bertz CT molecular complexity index is 237. The first-order valence-electron chi connectivity index (χ1n) is 5.11. The molecule has 14 heavy (non-hydrogen) atoms. The van der Waals surface area contributed by atoms with Crippen LogP contribution in [0.5, 0.6) is 0 Å². The Morgan fingerprint density at radius 1 is 1.36 bits per heavy atom. The fraction of sp³-hybridized carbons (Fsp3) is 0.727. The molecule has 1 aliphatic heterocycles. The molecule has 0 aromatic rings. The van der Waals surface area contributed by atoms with Crippen LogP contribution in [0.4, 0.5) is 0 Å². The maximum atomic E-state index is 11.8. The van der Waals surface area contributed by atoms with Crippen LogP contribution in [0.3, 0.4) is 0 Å². The average Bonchev–Trinajstić information content (AvgIpc) is 2.27. The lowest BCUT2D eigenvalue weighted by Crippen LogP contribution is -2.43. The summed E-state index contributed by atoms with van der Waals surface area (Å²) < 4.78 is 0. The van der Waals surface area contributed by atoms with E-state index in [1.807, 2.05) is 7.05 Å². The molecule has 0 saturated carbocycles. The van der Waals surface area contributed by atoms with Gasteiger partial charge in [-0.25, -0.2) is 0 Å². The van der Waals surface area contributed by atoms with Gasteiger partial charge < -0.3 is 4.90 Å². The van der Waals surface area contributed by atoms with Gasteiger partial charge in [0.25, 0.3) is 0 Å². The van der Waals surface area contributed by atoms with Gasteiger partial charge in [-0.05, 0) is 46.1 Å². The molecule has 0 spiro atoms. The zero-order valence-corrected chi connectivity index (χ0v) is 9.42. The number of nitrogens with zero attached hydrogens (tertiary/aromatic N) is 2. The molecule has 0 N–H and O–H groups in total. The molecule has 0 radical (unpaired) electrons. The van der Waals surface area contributed by atoms with Crippen molar-refractivity contribution in [1.29, 1.82) is 0 Å². The molecule has 3 heteroatoms. The summed E-state index contributed by atoms with van der Waals surface area (Å²) in [5, 5.41) is 0. The Morgan fingerprint density at radius 3 is 2.57 bits per heavy atom. The molecule has 1 aliphatic rings. The summed E-state index contributed by atoms with van der Waals surface area (Å²) in [5.74, 6) is 0.182. The Balaban J connectivity index is 2.72. The number of hydrogen-bond donors (Lipinski definition) is 0. The smallest absolute Gasteiger partial charge is 0.176 e. The van der Waals surface area contributed by atoms with Gasteiger partial charge in [0.05, 0.1) is 6.04 Å². The number of carbonyl (C=O) groups excluding carboxylic acids is 1. The minimum atomic E-state index is -0.000000000000000888. The number of ketones is 1. The maximum Gasteiger partial charge on any atom is 0.176 e. The van der Waals surface area contributed by atoms with Gasteiger partial charge in [0.1, 0.15) is 0 Å². The first-order valence-corrected chi connectivity index (χ1v) is 5.11. The number of rotatable bonds is 2. The second-order valence-electron chi connectivity index (χ2n) is 4.26. The molecule has 1 fully saturated rings. The molecule has 0 aliphatic carbocycles. The monoisotopic (exact) mass is 196 g/mol. The van der Waals surface area contributed by atoms with E-state index in [4.69, 9.17) is 0 Å². The Morgan fingerprint density at radius 2 is 2.00 bits per heavy atom. The lowest BCUT2D eigenvalue weighted by Gasteiger charge is -2.26. The highest BCUT2D eigenvalue weighted by Gasteiger charge is 2.26. The summed E-state index contributed by atoms with van der Waals surface area (Å²) >= 11 is 0. The molecule has 1 atom stereocenters. The van der Waals surface area contributed by atoms with Crippen LogP contribution in [0.1, 0.15) is 13.3 Å². The van der Waals surface area contributed by atoms with Crippen molar-refractivity contribution in [1.82, 2.24) is 9.80 Å². The lowest BCUT2D eigenvalue weighted by atomic mass is 10.1. The molecule has 1 saturated heterocycles. The highest BCUT2D eigenvalue weighted by atomic mass is 16.1. The van der Waals surface area contributed by atoms with E-state index in [2.05, 4.69) is 23.4 Å². The molecule has 1 unspecified atom stereocenters. The maximum absolute atomic E-state index is 11.8. The van der Waals surface area contributed by atoms with Crippen molar-refractivity contribution < 1.29 is 4.79 Å². The molecule has 0 amide bonds. The summed E-state index contributed by atoms with van der Waals surface area (Å²) in [4.78, 5) is 16.2. The molecule has 80 valence electrons. The third-order valence-corrected chi connectivity index (χ3v) is 2.79. The average molecular weight is 196 g/mol. The lowest BCUT2D eigenvalue weighted by molar-refractivity contribution is -0.120. The van der Waals surface area contributed by atoms with Crippen LogP contribution in [0.2, 0.25) is 0 Å². The molecule has 3 nitrogen and oxygen atoms in total.